The van der Waals surface area contributed by atoms with E-state index in [9.17, 15) is 14.4 Å². The molecule has 1 aliphatic carbocycles. The zero-order valence-corrected chi connectivity index (χ0v) is 14.0. The maximum atomic E-state index is 12.6. The van der Waals surface area contributed by atoms with E-state index in [-0.39, 0.29) is 18.2 Å². The minimum Gasteiger partial charge on any atom is -0.361 e. The molecule has 2 N–H and O–H groups in total. The molecule has 0 atom stereocenters. The standard InChI is InChI=1S/C16H22N4O4/c1-10-12(11(2)24-19-10)6-7-13(21)18-20-14(22)16(17-15(20)23)8-4-3-5-9-16/h3-9H2,1-2H3,(H,17,23)(H,18,21). The number of nitrogens with zero attached hydrogens (tertiary/aromatic N) is 2. The topological polar surface area (TPSA) is 105 Å². The van der Waals surface area contributed by atoms with Gasteiger partial charge in [-0.05, 0) is 33.1 Å². The van der Waals surface area contributed by atoms with Crippen molar-refractivity contribution in [3.8, 4) is 0 Å². The van der Waals surface area contributed by atoms with E-state index in [1.54, 1.807) is 6.92 Å². The van der Waals surface area contributed by atoms with Crippen molar-refractivity contribution in [2.24, 2.45) is 0 Å². The largest absolute Gasteiger partial charge is 0.361 e. The molecule has 0 aromatic carbocycles. The molecule has 0 radical (unpaired) electrons. The summed E-state index contributed by atoms with van der Waals surface area (Å²) in [7, 11) is 0. The normalized spacial score (nSPS) is 19.7. The first-order chi connectivity index (χ1) is 11.4. The van der Waals surface area contributed by atoms with E-state index in [1.807, 2.05) is 6.92 Å². The van der Waals surface area contributed by atoms with Crippen molar-refractivity contribution in [2.45, 2.75) is 64.3 Å². The van der Waals surface area contributed by atoms with Gasteiger partial charge in [-0.2, -0.15) is 5.01 Å². The van der Waals surface area contributed by atoms with E-state index in [0.29, 0.717) is 25.0 Å². The van der Waals surface area contributed by atoms with Gasteiger partial charge in [0.2, 0.25) is 5.91 Å². The van der Waals surface area contributed by atoms with E-state index in [1.165, 1.54) is 0 Å². The van der Waals surface area contributed by atoms with E-state index >= 15 is 0 Å². The molecule has 1 spiro atoms. The van der Waals surface area contributed by atoms with E-state index in [4.69, 9.17) is 4.52 Å². The maximum Gasteiger partial charge on any atom is 0.344 e. The van der Waals surface area contributed by atoms with Gasteiger partial charge in [-0.15, -0.1) is 0 Å². The lowest BCUT2D eigenvalue weighted by atomic mass is 9.82. The predicted octanol–water partition coefficient (Wildman–Crippen LogP) is 1.51. The number of hydrogen-bond donors (Lipinski definition) is 2. The summed E-state index contributed by atoms with van der Waals surface area (Å²) in [5.41, 5.74) is 3.23. The average molecular weight is 334 g/mol. The quantitative estimate of drug-likeness (QED) is 0.812. The Balaban J connectivity index is 1.60. The smallest absolute Gasteiger partial charge is 0.344 e. The van der Waals surface area contributed by atoms with Gasteiger partial charge < -0.3 is 9.84 Å². The van der Waals surface area contributed by atoms with Crippen LogP contribution in [0.1, 0.15) is 55.5 Å². The lowest BCUT2D eigenvalue weighted by molar-refractivity contribution is -0.139. The molecule has 24 heavy (non-hydrogen) atoms. The second kappa shape index (κ2) is 6.26. The molecule has 2 aliphatic rings. The van der Waals surface area contributed by atoms with Crippen LogP contribution in [0.2, 0.25) is 0 Å². The van der Waals surface area contributed by atoms with E-state index < -0.39 is 11.6 Å². The first-order valence-corrected chi connectivity index (χ1v) is 8.31. The fourth-order valence-corrected chi connectivity index (χ4v) is 3.49. The Kier molecular flexibility index (Phi) is 4.29. The Morgan fingerprint density at radius 1 is 1.29 bits per heavy atom. The van der Waals surface area contributed by atoms with Gasteiger partial charge in [0, 0.05) is 12.0 Å². The van der Waals surface area contributed by atoms with Crippen molar-refractivity contribution in [3.05, 3.63) is 17.0 Å². The molecule has 1 aromatic heterocycles. The number of hydrogen-bond acceptors (Lipinski definition) is 5. The fraction of sp³-hybridized carbons (Fsp3) is 0.625. The van der Waals surface area contributed by atoms with Crippen molar-refractivity contribution in [1.82, 2.24) is 20.9 Å². The van der Waals surface area contributed by atoms with E-state index in [0.717, 1.165) is 35.5 Å². The molecular weight excluding hydrogens is 312 g/mol. The van der Waals surface area contributed by atoms with Gasteiger partial charge in [0.1, 0.15) is 11.3 Å². The number of imide groups is 1. The number of aromatic nitrogens is 1. The lowest BCUT2D eigenvalue weighted by Crippen LogP contribution is -2.51. The Morgan fingerprint density at radius 3 is 2.62 bits per heavy atom. The summed E-state index contributed by atoms with van der Waals surface area (Å²) in [6, 6.07) is -0.549. The number of carbonyl (C=O) groups excluding carboxylic acids is 3. The highest BCUT2D eigenvalue weighted by molar-refractivity contribution is 6.08. The molecule has 130 valence electrons. The predicted molar refractivity (Wildman–Crippen MR) is 83.6 cm³/mol. The number of urea groups is 1. The van der Waals surface area contributed by atoms with Crippen molar-refractivity contribution >= 4 is 17.8 Å². The van der Waals surface area contributed by atoms with Crippen LogP contribution in [0.15, 0.2) is 4.52 Å². The highest BCUT2D eigenvalue weighted by atomic mass is 16.5. The molecule has 0 bridgehead atoms. The van der Waals surface area contributed by atoms with Crippen LogP contribution < -0.4 is 10.7 Å². The van der Waals surface area contributed by atoms with Crippen LogP contribution in [-0.4, -0.2) is 33.5 Å². The fourth-order valence-electron chi connectivity index (χ4n) is 3.49. The van der Waals surface area contributed by atoms with Crippen LogP contribution in [-0.2, 0) is 16.0 Å². The summed E-state index contributed by atoms with van der Waals surface area (Å²) in [4.78, 5) is 36.8. The zero-order chi connectivity index (χ0) is 17.3. The Morgan fingerprint density at radius 2 is 2.00 bits per heavy atom. The Hall–Kier alpha value is -2.38. The van der Waals surface area contributed by atoms with E-state index in [2.05, 4.69) is 15.9 Å². The lowest BCUT2D eigenvalue weighted by Gasteiger charge is -2.30. The number of aryl methyl sites for hydroxylation is 2. The SMILES string of the molecule is Cc1noc(C)c1CCC(=O)NN1C(=O)NC2(CCCCC2)C1=O. The van der Waals surface area contributed by atoms with Gasteiger partial charge in [-0.25, -0.2) is 4.79 Å². The molecule has 0 unspecified atom stereocenters. The molecule has 2 fully saturated rings. The minimum absolute atomic E-state index is 0.146. The Bertz CT molecular complexity index is 656. The van der Waals surface area contributed by atoms with Gasteiger partial charge in [0.15, 0.2) is 0 Å². The second-order valence-corrected chi connectivity index (χ2v) is 6.55. The molecular formula is C16H22N4O4. The van der Waals surface area contributed by atoms with Crippen molar-refractivity contribution in [1.29, 1.82) is 0 Å². The Labute approximate surface area is 139 Å². The first kappa shape index (κ1) is 16.5. The van der Waals surface area contributed by atoms with Crippen LogP contribution in [0, 0.1) is 13.8 Å². The third-order valence-electron chi connectivity index (χ3n) is 4.89. The third kappa shape index (κ3) is 2.88. The monoisotopic (exact) mass is 334 g/mol. The molecule has 3 rings (SSSR count). The van der Waals surface area contributed by atoms with Gasteiger partial charge in [-0.3, -0.25) is 15.0 Å². The van der Waals surface area contributed by atoms with Crippen molar-refractivity contribution in [3.63, 3.8) is 0 Å². The summed E-state index contributed by atoms with van der Waals surface area (Å²) >= 11 is 0. The molecule has 1 saturated heterocycles. The number of nitrogens with one attached hydrogen (secondary N) is 2. The summed E-state index contributed by atoms with van der Waals surface area (Å²) < 4.78 is 5.06. The number of rotatable bonds is 4. The van der Waals surface area contributed by atoms with Crippen molar-refractivity contribution in [2.75, 3.05) is 0 Å². The molecule has 1 aromatic rings. The van der Waals surface area contributed by atoms with Gasteiger partial charge >= 0.3 is 6.03 Å². The van der Waals surface area contributed by atoms with Crippen LogP contribution in [0.4, 0.5) is 4.79 Å². The summed E-state index contributed by atoms with van der Waals surface area (Å²) in [6.45, 7) is 3.60. The number of amides is 4. The third-order valence-corrected chi connectivity index (χ3v) is 4.89. The number of carbonyl (C=O) groups is 3. The van der Waals surface area contributed by atoms with Crippen LogP contribution >= 0.6 is 0 Å². The van der Waals surface area contributed by atoms with Crippen LogP contribution in [0.25, 0.3) is 0 Å². The molecule has 8 nitrogen and oxygen atoms in total. The summed E-state index contributed by atoms with van der Waals surface area (Å²) in [5, 5.41) is 7.44. The molecule has 2 heterocycles. The second-order valence-electron chi connectivity index (χ2n) is 6.55. The highest BCUT2D eigenvalue weighted by Crippen LogP contribution is 2.33. The summed E-state index contributed by atoms with van der Waals surface area (Å²) in [6.07, 6.45) is 4.72. The zero-order valence-electron chi connectivity index (χ0n) is 14.0. The first-order valence-electron chi connectivity index (χ1n) is 8.31. The summed E-state index contributed by atoms with van der Waals surface area (Å²) in [5.74, 6) is -0.0549. The molecule has 1 saturated carbocycles. The minimum atomic E-state index is -0.829. The molecule has 1 aliphatic heterocycles. The van der Waals surface area contributed by atoms with Gasteiger partial charge in [0.25, 0.3) is 5.91 Å². The molecule has 4 amide bonds. The number of hydrazine groups is 1. The molecule has 8 heteroatoms. The van der Waals surface area contributed by atoms with Gasteiger partial charge in [-0.1, -0.05) is 24.4 Å². The highest BCUT2D eigenvalue weighted by Gasteiger charge is 2.52. The van der Waals surface area contributed by atoms with Crippen molar-refractivity contribution < 1.29 is 18.9 Å². The maximum absolute atomic E-state index is 12.6. The average Bonchev–Trinajstić information content (AvgIpc) is 2.98. The van der Waals surface area contributed by atoms with Gasteiger partial charge in [0.05, 0.1) is 5.69 Å². The van der Waals surface area contributed by atoms with Crippen LogP contribution in [0.3, 0.4) is 0 Å². The van der Waals surface area contributed by atoms with Crippen LogP contribution in [0.5, 0.6) is 0 Å².